The van der Waals surface area contributed by atoms with Gasteiger partial charge in [0.05, 0.1) is 5.56 Å². The number of alkyl halides is 3. The number of rotatable bonds is 0. The van der Waals surface area contributed by atoms with Gasteiger partial charge in [-0.1, -0.05) is 0 Å². The second kappa shape index (κ2) is 3.05. The molecule has 0 bridgehead atoms. The standard InChI is InChI=1S/C8H3F4N/c1-2-7-6(9)3-5(4-13-7)8(10,11)12/h1,3-4H. The molecule has 0 fully saturated rings. The second-order valence-corrected chi connectivity index (χ2v) is 2.20. The molecule has 1 rings (SSSR count). The Bertz CT molecular complexity index is 361. The summed E-state index contributed by atoms with van der Waals surface area (Å²) in [5, 5.41) is 0. The molecule has 0 N–H and O–H groups in total. The third-order valence-corrected chi connectivity index (χ3v) is 1.31. The minimum atomic E-state index is -4.60. The van der Waals surface area contributed by atoms with E-state index < -0.39 is 23.3 Å². The summed E-state index contributed by atoms with van der Waals surface area (Å²) in [6.07, 6.45) is 0.678. The van der Waals surface area contributed by atoms with Gasteiger partial charge in [-0.25, -0.2) is 9.37 Å². The Labute approximate surface area is 71.4 Å². The largest absolute Gasteiger partial charge is 0.417 e. The van der Waals surface area contributed by atoms with Gasteiger partial charge in [0.2, 0.25) is 0 Å². The molecule has 0 saturated carbocycles. The molecule has 1 nitrogen and oxygen atoms in total. The molecule has 0 aromatic carbocycles. The van der Waals surface area contributed by atoms with E-state index in [2.05, 4.69) is 4.98 Å². The first-order chi connectivity index (χ1) is 5.95. The fourth-order valence-electron chi connectivity index (χ4n) is 0.699. The van der Waals surface area contributed by atoms with Crippen LogP contribution in [0.15, 0.2) is 12.3 Å². The summed E-state index contributed by atoms with van der Waals surface area (Å²) in [4.78, 5) is 3.13. The molecule has 68 valence electrons. The van der Waals surface area contributed by atoms with E-state index in [0.717, 1.165) is 0 Å². The number of aromatic nitrogens is 1. The maximum Gasteiger partial charge on any atom is 0.417 e. The lowest BCUT2D eigenvalue weighted by Crippen LogP contribution is -2.07. The Morgan fingerprint density at radius 1 is 1.38 bits per heavy atom. The predicted molar refractivity (Wildman–Crippen MR) is 37.1 cm³/mol. The van der Waals surface area contributed by atoms with E-state index >= 15 is 0 Å². The third kappa shape index (κ3) is 1.96. The van der Waals surface area contributed by atoms with Gasteiger partial charge < -0.3 is 0 Å². The summed E-state index contributed by atoms with van der Waals surface area (Å²) in [5.41, 5.74) is -1.57. The van der Waals surface area contributed by atoms with Crippen molar-refractivity contribution in [1.29, 1.82) is 0 Å². The van der Waals surface area contributed by atoms with Gasteiger partial charge in [0.25, 0.3) is 0 Å². The zero-order valence-corrected chi connectivity index (χ0v) is 6.19. The summed E-state index contributed by atoms with van der Waals surface area (Å²) in [7, 11) is 0. The minimum absolute atomic E-state index is 0.322. The van der Waals surface area contributed by atoms with Gasteiger partial charge in [-0.2, -0.15) is 13.2 Å². The van der Waals surface area contributed by atoms with Crippen LogP contribution in [0.4, 0.5) is 17.6 Å². The first kappa shape index (κ1) is 9.52. The van der Waals surface area contributed by atoms with E-state index in [1.807, 2.05) is 5.92 Å². The second-order valence-electron chi connectivity index (χ2n) is 2.20. The zero-order chi connectivity index (χ0) is 10.1. The zero-order valence-electron chi connectivity index (χ0n) is 6.19. The first-order valence-corrected chi connectivity index (χ1v) is 3.14. The molecule has 0 aliphatic carbocycles. The van der Waals surface area contributed by atoms with Crippen molar-refractivity contribution in [2.75, 3.05) is 0 Å². The molecule has 1 heterocycles. The number of pyridine rings is 1. The van der Waals surface area contributed by atoms with E-state index in [1.165, 1.54) is 0 Å². The highest BCUT2D eigenvalue weighted by Crippen LogP contribution is 2.29. The van der Waals surface area contributed by atoms with Crippen LogP contribution in [0.3, 0.4) is 0 Å². The predicted octanol–water partition coefficient (Wildman–Crippen LogP) is 2.22. The monoisotopic (exact) mass is 189 g/mol. The van der Waals surface area contributed by atoms with Crippen LogP contribution in [0.25, 0.3) is 0 Å². The lowest BCUT2D eigenvalue weighted by molar-refractivity contribution is -0.138. The van der Waals surface area contributed by atoms with E-state index in [4.69, 9.17) is 6.42 Å². The maximum absolute atomic E-state index is 12.7. The molecule has 0 unspecified atom stereocenters. The Morgan fingerprint density at radius 3 is 2.38 bits per heavy atom. The molecule has 0 aliphatic heterocycles. The van der Waals surface area contributed by atoms with Crippen LogP contribution in [0.5, 0.6) is 0 Å². The highest BCUT2D eigenvalue weighted by atomic mass is 19.4. The van der Waals surface area contributed by atoms with E-state index in [9.17, 15) is 17.6 Å². The fraction of sp³-hybridized carbons (Fsp3) is 0.125. The number of hydrogen-bond acceptors (Lipinski definition) is 1. The van der Waals surface area contributed by atoms with Crippen LogP contribution in [-0.2, 0) is 6.18 Å². The summed E-state index contributed by atoms with van der Waals surface area (Å²) in [6.45, 7) is 0. The smallest absolute Gasteiger partial charge is 0.244 e. The molecule has 13 heavy (non-hydrogen) atoms. The highest BCUT2D eigenvalue weighted by molar-refractivity contribution is 5.29. The van der Waals surface area contributed by atoms with Gasteiger partial charge in [0, 0.05) is 6.20 Å². The van der Waals surface area contributed by atoms with Crippen molar-refractivity contribution in [3.05, 3.63) is 29.3 Å². The van der Waals surface area contributed by atoms with Crippen LogP contribution < -0.4 is 0 Å². The molecule has 1 aromatic rings. The Kier molecular flexibility index (Phi) is 2.24. The molecule has 1 aromatic heterocycles. The molecule has 0 amide bonds. The Hall–Kier alpha value is -1.57. The van der Waals surface area contributed by atoms with Gasteiger partial charge in [0.15, 0.2) is 5.82 Å². The van der Waals surface area contributed by atoms with E-state index in [-0.39, 0.29) is 0 Å². The molecular formula is C8H3F4N. The molecule has 0 aliphatic rings. The summed E-state index contributed by atoms with van der Waals surface area (Å²) in [6, 6.07) is 0.322. The molecule has 5 heteroatoms. The maximum atomic E-state index is 12.7. The number of halogens is 4. The van der Waals surface area contributed by atoms with Gasteiger partial charge in [-0.15, -0.1) is 6.42 Å². The van der Waals surface area contributed by atoms with Crippen LogP contribution in [-0.4, -0.2) is 4.98 Å². The van der Waals surface area contributed by atoms with Crippen molar-refractivity contribution < 1.29 is 17.6 Å². The molecule has 0 saturated heterocycles. The molecule has 0 spiro atoms. The Morgan fingerprint density at radius 2 is 2.00 bits per heavy atom. The summed E-state index contributed by atoms with van der Waals surface area (Å²) >= 11 is 0. The first-order valence-electron chi connectivity index (χ1n) is 3.14. The number of nitrogens with zero attached hydrogens (tertiary/aromatic N) is 1. The molecular weight excluding hydrogens is 186 g/mol. The van der Waals surface area contributed by atoms with Gasteiger partial charge in [-0.3, -0.25) is 0 Å². The van der Waals surface area contributed by atoms with Crippen molar-refractivity contribution in [2.45, 2.75) is 6.18 Å². The average Bonchev–Trinajstić information content (AvgIpc) is 2.02. The number of terminal acetylenes is 1. The lowest BCUT2D eigenvalue weighted by Gasteiger charge is -2.05. The van der Waals surface area contributed by atoms with Crippen LogP contribution >= 0.6 is 0 Å². The SMILES string of the molecule is C#Cc1ncc(C(F)(F)F)cc1F. The van der Waals surface area contributed by atoms with Crippen molar-refractivity contribution in [1.82, 2.24) is 4.98 Å². The minimum Gasteiger partial charge on any atom is -0.244 e. The normalized spacial score (nSPS) is 11.0. The summed E-state index contributed by atoms with van der Waals surface area (Å²) in [5.74, 6) is 0.679. The van der Waals surface area contributed by atoms with Gasteiger partial charge in [-0.05, 0) is 12.0 Å². The lowest BCUT2D eigenvalue weighted by atomic mass is 10.2. The highest BCUT2D eigenvalue weighted by Gasteiger charge is 2.31. The van der Waals surface area contributed by atoms with Crippen molar-refractivity contribution in [3.8, 4) is 12.3 Å². The topological polar surface area (TPSA) is 12.9 Å². The summed E-state index contributed by atoms with van der Waals surface area (Å²) < 4.78 is 48.5. The quantitative estimate of drug-likeness (QED) is 0.450. The van der Waals surface area contributed by atoms with Crippen molar-refractivity contribution in [2.24, 2.45) is 0 Å². The van der Waals surface area contributed by atoms with Gasteiger partial charge >= 0.3 is 6.18 Å². The van der Waals surface area contributed by atoms with Crippen LogP contribution in [0.2, 0.25) is 0 Å². The Balaban J connectivity index is 3.20. The van der Waals surface area contributed by atoms with E-state index in [0.29, 0.717) is 12.3 Å². The van der Waals surface area contributed by atoms with Crippen LogP contribution in [0, 0.1) is 18.2 Å². The fourth-order valence-corrected chi connectivity index (χ4v) is 0.699. The van der Waals surface area contributed by atoms with Crippen LogP contribution in [0.1, 0.15) is 11.3 Å². The van der Waals surface area contributed by atoms with Crippen molar-refractivity contribution in [3.63, 3.8) is 0 Å². The molecule has 0 atom stereocenters. The number of hydrogen-bond donors (Lipinski definition) is 0. The average molecular weight is 189 g/mol. The third-order valence-electron chi connectivity index (χ3n) is 1.31. The van der Waals surface area contributed by atoms with E-state index in [1.54, 1.807) is 0 Å². The van der Waals surface area contributed by atoms with Gasteiger partial charge in [0.1, 0.15) is 5.69 Å². The van der Waals surface area contributed by atoms with Crippen molar-refractivity contribution >= 4 is 0 Å². The molecule has 0 radical (unpaired) electrons.